The average molecular weight is 261 g/mol. The van der Waals surface area contributed by atoms with Gasteiger partial charge in [-0.15, -0.1) is 0 Å². The number of likely N-dealkylation sites (N-methyl/N-ethyl adjacent to an activating group) is 1. The lowest BCUT2D eigenvalue weighted by atomic mass is 9.98. The second-order valence-electron chi connectivity index (χ2n) is 6.28. The lowest BCUT2D eigenvalue weighted by Crippen LogP contribution is -2.40. The van der Waals surface area contributed by atoms with Gasteiger partial charge in [0, 0.05) is 31.1 Å². The van der Waals surface area contributed by atoms with Gasteiger partial charge in [-0.3, -0.25) is 0 Å². The van der Waals surface area contributed by atoms with Gasteiger partial charge in [0.1, 0.15) is 5.82 Å². The summed E-state index contributed by atoms with van der Waals surface area (Å²) >= 11 is 0. The van der Waals surface area contributed by atoms with E-state index < -0.39 is 0 Å². The first-order valence-corrected chi connectivity index (χ1v) is 8.08. The summed E-state index contributed by atoms with van der Waals surface area (Å²) in [7, 11) is 0. The van der Waals surface area contributed by atoms with Crippen molar-refractivity contribution in [2.75, 3.05) is 13.1 Å². The van der Waals surface area contributed by atoms with Gasteiger partial charge in [0.05, 0.1) is 5.69 Å². The Balaban J connectivity index is 1.72. The molecule has 3 nitrogen and oxygen atoms in total. The standard InChI is InChI=1S/C16H27N3/c1-3-18-10-5-4-8-15(18)11-14-12-19-13(2)7-6-9-16(19)17-14/h12-13,15H,3-11H2,1-2H3. The highest BCUT2D eigenvalue weighted by atomic mass is 15.2. The summed E-state index contributed by atoms with van der Waals surface area (Å²) in [4.78, 5) is 7.54. The first-order chi connectivity index (χ1) is 9.28. The molecule has 0 spiro atoms. The zero-order chi connectivity index (χ0) is 13.2. The number of aryl methyl sites for hydroxylation is 1. The highest BCUT2D eigenvalue weighted by Crippen LogP contribution is 2.26. The number of piperidine rings is 1. The summed E-state index contributed by atoms with van der Waals surface area (Å²) in [5.74, 6) is 1.33. The second kappa shape index (κ2) is 5.66. The summed E-state index contributed by atoms with van der Waals surface area (Å²) < 4.78 is 2.43. The van der Waals surface area contributed by atoms with Crippen molar-refractivity contribution in [3.63, 3.8) is 0 Å². The van der Waals surface area contributed by atoms with Crippen molar-refractivity contribution in [3.05, 3.63) is 17.7 Å². The largest absolute Gasteiger partial charge is 0.332 e. The Kier molecular flexibility index (Phi) is 3.92. The molecule has 2 unspecified atom stereocenters. The zero-order valence-corrected chi connectivity index (χ0v) is 12.4. The van der Waals surface area contributed by atoms with Crippen LogP contribution in [0.25, 0.3) is 0 Å². The maximum absolute atomic E-state index is 4.90. The van der Waals surface area contributed by atoms with Crippen LogP contribution in [0.2, 0.25) is 0 Å². The van der Waals surface area contributed by atoms with Gasteiger partial charge < -0.3 is 9.47 Å². The summed E-state index contributed by atoms with van der Waals surface area (Å²) in [6, 6.07) is 1.38. The number of fused-ring (bicyclic) bond motifs is 1. The molecule has 3 heteroatoms. The van der Waals surface area contributed by atoms with Crippen LogP contribution in [0.4, 0.5) is 0 Å². The molecule has 106 valence electrons. The van der Waals surface area contributed by atoms with Crippen molar-refractivity contribution in [1.29, 1.82) is 0 Å². The predicted octanol–water partition coefficient (Wildman–Crippen LogP) is 3.20. The van der Waals surface area contributed by atoms with Crippen molar-refractivity contribution in [3.8, 4) is 0 Å². The van der Waals surface area contributed by atoms with Gasteiger partial charge in [0.2, 0.25) is 0 Å². The molecule has 2 aliphatic heterocycles. The number of likely N-dealkylation sites (tertiary alicyclic amines) is 1. The fourth-order valence-corrected chi connectivity index (χ4v) is 3.80. The second-order valence-corrected chi connectivity index (χ2v) is 6.28. The minimum Gasteiger partial charge on any atom is -0.332 e. The van der Waals surface area contributed by atoms with Gasteiger partial charge in [-0.25, -0.2) is 4.98 Å². The predicted molar refractivity (Wildman–Crippen MR) is 78.5 cm³/mol. The topological polar surface area (TPSA) is 21.1 Å². The fraction of sp³-hybridized carbons (Fsp3) is 0.812. The van der Waals surface area contributed by atoms with Crippen LogP contribution in [0.1, 0.15) is 63.5 Å². The van der Waals surface area contributed by atoms with E-state index in [2.05, 4.69) is 29.5 Å². The molecule has 0 aliphatic carbocycles. The van der Waals surface area contributed by atoms with Crippen LogP contribution in [-0.2, 0) is 12.8 Å². The van der Waals surface area contributed by atoms with Crippen molar-refractivity contribution in [2.45, 2.75) is 70.9 Å². The van der Waals surface area contributed by atoms with E-state index in [9.17, 15) is 0 Å². The lowest BCUT2D eigenvalue weighted by molar-refractivity contribution is 0.154. The Labute approximate surface area is 117 Å². The first-order valence-electron chi connectivity index (χ1n) is 8.08. The third kappa shape index (κ3) is 2.71. The van der Waals surface area contributed by atoms with Crippen molar-refractivity contribution in [2.24, 2.45) is 0 Å². The van der Waals surface area contributed by atoms with Crippen LogP contribution in [0.5, 0.6) is 0 Å². The third-order valence-electron chi connectivity index (χ3n) is 4.96. The van der Waals surface area contributed by atoms with Crippen molar-refractivity contribution >= 4 is 0 Å². The van der Waals surface area contributed by atoms with E-state index in [-0.39, 0.29) is 0 Å². The number of nitrogens with zero attached hydrogens (tertiary/aromatic N) is 3. The van der Waals surface area contributed by atoms with E-state index in [1.165, 1.54) is 63.1 Å². The Morgan fingerprint density at radius 2 is 2.16 bits per heavy atom. The summed E-state index contributed by atoms with van der Waals surface area (Å²) in [5.41, 5.74) is 1.33. The SMILES string of the molecule is CCN1CCCCC1Cc1cn2c(n1)CCCC2C. The minimum absolute atomic E-state index is 0.652. The van der Waals surface area contributed by atoms with E-state index >= 15 is 0 Å². The first kappa shape index (κ1) is 13.2. The van der Waals surface area contributed by atoms with Gasteiger partial charge in [-0.2, -0.15) is 0 Å². The van der Waals surface area contributed by atoms with Crippen LogP contribution in [0, 0.1) is 0 Å². The molecule has 3 rings (SSSR count). The highest BCUT2D eigenvalue weighted by Gasteiger charge is 2.24. The number of hydrogen-bond acceptors (Lipinski definition) is 2. The zero-order valence-electron chi connectivity index (χ0n) is 12.4. The molecule has 0 amide bonds. The average Bonchev–Trinajstić information content (AvgIpc) is 2.83. The molecular weight excluding hydrogens is 234 g/mol. The normalized spacial score (nSPS) is 28.3. The van der Waals surface area contributed by atoms with Gasteiger partial charge in [0.25, 0.3) is 0 Å². The summed E-state index contributed by atoms with van der Waals surface area (Å²) in [5, 5.41) is 0. The molecule has 1 saturated heterocycles. The van der Waals surface area contributed by atoms with Crippen LogP contribution < -0.4 is 0 Å². The van der Waals surface area contributed by atoms with E-state index in [4.69, 9.17) is 4.98 Å². The molecule has 0 radical (unpaired) electrons. The monoisotopic (exact) mass is 261 g/mol. The van der Waals surface area contributed by atoms with Gasteiger partial charge in [0.15, 0.2) is 0 Å². The van der Waals surface area contributed by atoms with Gasteiger partial charge in [-0.05, 0) is 45.7 Å². The smallest absolute Gasteiger partial charge is 0.109 e. The van der Waals surface area contributed by atoms with E-state index in [1.807, 2.05) is 0 Å². The molecule has 1 aromatic heterocycles. The quantitative estimate of drug-likeness (QED) is 0.833. The molecule has 0 saturated carbocycles. The van der Waals surface area contributed by atoms with Crippen LogP contribution in [-0.4, -0.2) is 33.6 Å². The van der Waals surface area contributed by atoms with Crippen LogP contribution >= 0.6 is 0 Å². The van der Waals surface area contributed by atoms with Crippen molar-refractivity contribution in [1.82, 2.24) is 14.5 Å². The molecule has 0 aromatic carbocycles. The number of imidazole rings is 1. The fourth-order valence-electron chi connectivity index (χ4n) is 3.80. The lowest BCUT2D eigenvalue weighted by Gasteiger charge is -2.34. The maximum Gasteiger partial charge on any atom is 0.109 e. The van der Waals surface area contributed by atoms with Crippen molar-refractivity contribution < 1.29 is 0 Å². The molecule has 0 bridgehead atoms. The van der Waals surface area contributed by atoms with E-state index in [1.54, 1.807) is 0 Å². The molecular formula is C16H27N3. The Hall–Kier alpha value is -0.830. The molecule has 1 fully saturated rings. The number of rotatable bonds is 3. The Morgan fingerprint density at radius 1 is 1.26 bits per heavy atom. The molecule has 0 N–H and O–H groups in total. The third-order valence-corrected chi connectivity index (χ3v) is 4.96. The molecule has 2 aliphatic rings. The molecule has 1 aromatic rings. The van der Waals surface area contributed by atoms with Gasteiger partial charge >= 0.3 is 0 Å². The number of aromatic nitrogens is 2. The maximum atomic E-state index is 4.90. The van der Waals surface area contributed by atoms with E-state index in [0.717, 1.165) is 12.5 Å². The summed E-state index contributed by atoms with van der Waals surface area (Å²) in [6.07, 6.45) is 11.4. The molecule has 3 heterocycles. The van der Waals surface area contributed by atoms with Crippen LogP contribution in [0.3, 0.4) is 0 Å². The minimum atomic E-state index is 0.652. The molecule has 19 heavy (non-hydrogen) atoms. The van der Waals surface area contributed by atoms with E-state index in [0.29, 0.717) is 6.04 Å². The summed E-state index contributed by atoms with van der Waals surface area (Å²) in [6.45, 7) is 7.09. The van der Waals surface area contributed by atoms with Gasteiger partial charge in [-0.1, -0.05) is 13.3 Å². The Bertz CT molecular complexity index is 424. The molecule has 2 atom stereocenters. The Morgan fingerprint density at radius 3 is 2.95 bits per heavy atom. The van der Waals surface area contributed by atoms with Crippen LogP contribution in [0.15, 0.2) is 6.20 Å². The highest BCUT2D eigenvalue weighted by molar-refractivity contribution is 5.09. The number of hydrogen-bond donors (Lipinski definition) is 0.